The monoisotopic (exact) mass is 317 g/mol. The van der Waals surface area contributed by atoms with E-state index in [-0.39, 0.29) is 11.7 Å². The average molecular weight is 317 g/mol. The number of aryl methyl sites for hydroxylation is 2. The summed E-state index contributed by atoms with van der Waals surface area (Å²) in [6, 6.07) is 5.71. The van der Waals surface area contributed by atoms with Crippen molar-refractivity contribution in [3.63, 3.8) is 0 Å². The lowest BCUT2D eigenvalue weighted by Crippen LogP contribution is -2.23. The van der Waals surface area contributed by atoms with E-state index in [4.69, 9.17) is 10.5 Å². The molecule has 0 aliphatic heterocycles. The molecule has 1 aromatic heterocycles. The van der Waals surface area contributed by atoms with Crippen LogP contribution in [0, 0.1) is 13.8 Å². The Morgan fingerprint density at radius 3 is 2.70 bits per heavy atom. The predicted octanol–water partition coefficient (Wildman–Crippen LogP) is 1.99. The molecule has 0 bridgehead atoms. The number of nitrogens with two attached hydrogens (primary N) is 1. The number of hydrogen-bond acceptors (Lipinski definition) is 4. The number of aliphatic hydroxyl groups is 1. The van der Waals surface area contributed by atoms with Gasteiger partial charge < -0.3 is 20.1 Å². The van der Waals surface area contributed by atoms with Gasteiger partial charge in [0.2, 0.25) is 0 Å². The molecule has 2 rings (SSSR count). The van der Waals surface area contributed by atoms with Gasteiger partial charge >= 0.3 is 0 Å². The van der Waals surface area contributed by atoms with Crippen molar-refractivity contribution < 1.29 is 14.6 Å². The van der Waals surface area contributed by atoms with E-state index in [2.05, 4.69) is 11.9 Å². The second-order valence-electron chi connectivity index (χ2n) is 5.76. The zero-order valence-corrected chi connectivity index (χ0v) is 13.7. The van der Waals surface area contributed by atoms with E-state index in [0.29, 0.717) is 13.0 Å². The van der Waals surface area contributed by atoms with Gasteiger partial charge in [0.05, 0.1) is 25.1 Å². The molecule has 0 aliphatic carbocycles. The van der Waals surface area contributed by atoms with Crippen LogP contribution in [0.3, 0.4) is 0 Å². The first-order chi connectivity index (χ1) is 10.9. The van der Waals surface area contributed by atoms with E-state index in [9.17, 15) is 9.90 Å². The lowest BCUT2D eigenvalue weighted by atomic mass is 10.1. The lowest BCUT2D eigenvalue weighted by Gasteiger charge is -2.21. The van der Waals surface area contributed by atoms with E-state index >= 15 is 0 Å². The minimum Gasteiger partial charge on any atom is -0.494 e. The summed E-state index contributed by atoms with van der Waals surface area (Å²) >= 11 is 0. The second kappa shape index (κ2) is 7.28. The van der Waals surface area contributed by atoms with Gasteiger partial charge in [-0.1, -0.05) is 6.07 Å². The SMILES string of the molecule is Cc1ccc(OCC[C@H]([C@H](C)O)n2cnc(C(N)=O)c2)cc1C. The second-order valence-corrected chi connectivity index (χ2v) is 5.76. The third kappa shape index (κ3) is 4.32. The fourth-order valence-electron chi connectivity index (χ4n) is 2.39. The molecule has 0 unspecified atom stereocenters. The summed E-state index contributed by atoms with van der Waals surface area (Å²) in [7, 11) is 0. The smallest absolute Gasteiger partial charge is 0.268 e. The van der Waals surface area contributed by atoms with Crippen molar-refractivity contribution in [2.45, 2.75) is 39.3 Å². The van der Waals surface area contributed by atoms with E-state index in [1.165, 1.54) is 17.5 Å². The number of rotatable bonds is 7. The molecule has 2 aromatic rings. The number of carbonyl (C=O) groups excluding carboxylic acids is 1. The molecule has 3 N–H and O–H groups in total. The molecular formula is C17H23N3O3. The van der Waals surface area contributed by atoms with Crippen LogP contribution in [-0.2, 0) is 0 Å². The summed E-state index contributed by atoms with van der Waals surface area (Å²) in [4.78, 5) is 15.1. The maximum absolute atomic E-state index is 11.1. The Morgan fingerprint density at radius 2 is 2.13 bits per heavy atom. The average Bonchev–Trinajstić information content (AvgIpc) is 2.96. The zero-order valence-electron chi connectivity index (χ0n) is 13.7. The third-order valence-corrected chi connectivity index (χ3v) is 3.95. The quantitative estimate of drug-likeness (QED) is 0.817. The number of imidazole rings is 1. The van der Waals surface area contributed by atoms with Crippen LogP contribution < -0.4 is 10.5 Å². The molecular weight excluding hydrogens is 294 g/mol. The van der Waals surface area contributed by atoms with Gasteiger partial charge in [0.15, 0.2) is 0 Å². The molecule has 0 fully saturated rings. The number of carbonyl (C=O) groups is 1. The van der Waals surface area contributed by atoms with Gasteiger partial charge in [0.1, 0.15) is 11.4 Å². The summed E-state index contributed by atoms with van der Waals surface area (Å²) < 4.78 is 7.46. The lowest BCUT2D eigenvalue weighted by molar-refractivity contribution is 0.0993. The number of aromatic nitrogens is 2. The van der Waals surface area contributed by atoms with Crippen LogP contribution in [0.4, 0.5) is 0 Å². The summed E-state index contributed by atoms with van der Waals surface area (Å²) in [6.45, 7) is 6.24. The Morgan fingerprint density at radius 1 is 1.39 bits per heavy atom. The predicted molar refractivity (Wildman–Crippen MR) is 87.5 cm³/mol. The number of hydrogen-bond donors (Lipinski definition) is 2. The van der Waals surface area contributed by atoms with Crippen LogP contribution in [0.5, 0.6) is 5.75 Å². The van der Waals surface area contributed by atoms with Crippen LogP contribution >= 0.6 is 0 Å². The van der Waals surface area contributed by atoms with Crippen molar-refractivity contribution in [3.8, 4) is 5.75 Å². The van der Waals surface area contributed by atoms with Gasteiger partial charge in [0.25, 0.3) is 5.91 Å². The number of primary amides is 1. The van der Waals surface area contributed by atoms with E-state index in [1.54, 1.807) is 17.7 Å². The van der Waals surface area contributed by atoms with Gasteiger partial charge in [-0.3, -0.25) is 4.79 Å². The number of ether oxygens (including phenoxy) is 1. The maximum atomic E-state index is 11.1. The van der Waals surface area contributed by atoms with Crippen LogP contribution in [0.2, 0.25) is 0 Å². The first-order valence-corrected chi connectivity index (χ1v) is 7.60. The fraction of sp³-hybridized carbons (Fsp3) is 0.412. The molecule has 6 nitrogen and oxygen atoms in total. The molecule has 0 saturated heterocycles. The van der Waals surface area contributed by atoms with Gasteiger partial charge in [-0.2, -0.15) is 0 Å². The Hall–Kier alpha value is -2.34. The fourth-order valence-corrected chi connectivity index (χ4v) is 2.39. The van der Waals surface area contributed by atoms with Crippen molar-refractivity contribution in [3.05, 3.63) is 47.5 Å². The normalized spacial score (nSPS) is 13.6. The summed E-state index contributed by atoms with van der Waals surface area (Å²) in [5.41, 5.74) is 7.78. The number of aliphatic hydroxyl groups excluding tert-OH is 1. The van der Waals surface area contributed by atoms with Crippen LogP contribution in [-0.4, -0.2) is 33.3 Å². The van der Waals surface area contributed by atoms with Crippen LogP contribution in [0.15, 0.2) is 30.7 Å². The number of benzene rings is 1. The Labute approximate surface area is 135 Å². The van der Waals surface area contributed by atoms with Crippen molar-refractivity contribution >= 4 is 5.91 Å². The molecule has 0 aliphatic rings. The summed E-state index contributed by atoms with van der Waals surface area (Å²) in [6.07, 6.45) is 3.04. The topological polar surface area (TPSA) is 90.4 Å². The van der Waals surface area contributed by atoms with Gasteiger partial charge in [0, 0.05) is 12.6 Å². The van der Waals surface area contributed by atoms with Crippen molar-refractivity contribution in [1.82, 2.24) is 9.55 Å². The molecule has 1 aromatic carbocycles. The molecule has 0 spiro atoms. The standard InChI is InChI=1S/C17H23N3O3/c1-11-4-5-14(8-12(11)2)23-7-6-16(13(3)21)20-9-15(17(18)22)19-10-20/h4-5,8-10,13,16,21H,6-7H2,1-3H3,(H2,18,22)/t13-,16+/m0/s1. The summed E-state index contributed by atoms with van der Waals surface area (Å²) in [5.74, 6) is 0.223. The number of nitrogens with zero attached hydrogens (tertiary/aromatic N) is 2. The maximum Gasteiger partial charge on any atom is 0.268 e. The van der Waals surface area contributed by atoms with Crippen LogP contribution in [0.1, 0.15) is 41.0 Å². The first-order valence-electron chi connectivity index (χ1n) is 7.60. The molecule has 23 heavy (non-hydrogen) atoms. The first kappa shape index (κ1) is 17.0. The molecule has 0 saturated carbocycles. The molecule has 1 amide bonds. The van der Waals surface area contributed by atoms with E-state index < -0.39 is 12.0 Å². The van der Waals surface area contributed by atoms with E-state index in [0.717, 1.165) is 5.75 Å². The van der Waals surface area contributed by atoms with Crippen molar-refractivity contribution in [2.75, 3.05) is 6.61 Å². The van der Waals surface area contributed by atoms with Gasteiger partial charge in [-0.15, -0.1) is 0 Å². The molecule has 1 heterocycles. The highest BCUT2D eigenvalue weighted by Crippen LogP contribution is 2.20. The van der Waals surface area contributed by atoms with E-state index in [1.807, 2.05) is 25.1 Å². The highest BCUT2D eigenvalue weighted by atomic mass is 16.5. The van der Waals surface area contributed by atoms with Gasteiger partial charge in [-0.05, 0) is 44.0 Å². The van der Waals surface area contributed by atoms with Crippen molar-refractivity contribution in [2.24, 2.45) is 5.73 Å². The Bertz CT molecular complexity index is 679. The Kier molecular flexibility index (Phi) is 5.39. The molecule has 6 heteroatoms. The zero-order chi connectivity index (χ0) is 17.0. The largest absolute Gasteiger partial charge is 0.494 e. The molecule has 124 valence electrons. The van der Waals surface area contributed by atoms with Crippen molar-refractivity contribution in [1.29, 1.82) is 0 Å². The highest BCUT2D eigenvalue weighted by molar-refractivity contribution is 5.90. The number of amides is 1. The molecule has 0 radical (unpaired) electrons. The molecule has 2 atom stereocenters. The minimum absolute atomic E-state index is 0.186. The summed E-state index contributed by atoms with van der Waals surface area (Å²) in [5, 5.41) is 9.97. The Balaban J connectivity index is 1.99. The van der Waals surface area contributed by atoms with Crippen LogP contribution in [0.25, 0.3) is 0 Å². The minimum atomic E-state index is -0.603. The highest BCUT2D eigenvalue weighted by Gasteiger charge is 2.18. The van der Waals surface area contributed by atoms with Gasteiger partial charge in [-0.25, -0.2) is 4.98 Å². The third-order valence-electron chi connectivity index (χ3n) is 3.95.